The van der Waals surface area contributed by atoms with Gasteiger partial charge in [0.25, 0.3) is 0 Å². The summed E-state index contributed by atoms with van der Waals surface area (Å²) in [6.07, 6.45) is 2.65. The minimum absolute atomic E-state index is 0.719. The van der Waals surface area contributed by atoms with Crippen LogP contribution in [0.5, 0.6) is 11.5 Å². The van der Waals surface area contributed by atoms with Crippen LogP contribution < -0.4 is 4.74 Å². The Morgan fingerprint density at radius 1 is 1.11 bits per heavy atom. The van der Waals surface area contributed by atoms with Gasteiger partial charge in [0.2, 0.25) is 0 Å². The van der Waals surface area contributed by atoms with Crippen LogP contribution in [0.4, 0.5) is 0 Å². The van der Waals surface area contributed by atoms with E-state index in [1.807, 2.05) is 48.5 Å². The molecule has 3 nitrogen and oxygen atoms in total. The molecule has 0 fully saturated rings. The second kappa shape index (κ2) is 6.38. The predicted octanol–water partition coefficient (Wildman–Crippen LogP) is 4.18. The minimum atomic E-state index is -0.959. The van der Waals surface area contributed by atoms with Crippen molar-refractivity contribution in [2.24, 2.45) is 0 Å². The first-order valence-corrected chi connectivity index (χ1v) is 6.66. The number of carboxylic acid groups (broad SMARTS) is 1. The van der Waals surface area contributed by atoms with Gasteiger partial charge in [-0.05, 0) is 58.5 Å². The lowest BCUT2D eigenvalue weighted by atomic mass is 10.2. The molecule has 1 N–H and O–H groups in total. The summed E-state index contributed by atoms with van der Waals surface area (Å²) in [6, 6.07) is 15.0. The molecule has 2 aromatic rings. The summed E-state index contributed by atoms with van der Waals surface area (Å²) in [5.74, 6) is 0.563. The zero-order chi connectivity index (χ0) is 13.7. The fraction of sp³-hybridized carbons (Fsp3) is 0. The molecule has 0 radical (unpaired) electrons. The highest BCUT2D eigenvalue weighted by molar-refractivity contribution is 14.1. The number of para-hydroxylation sites is 1. The molecule has 0 atom stereocenters. The van der Waals surface area contributed by atoms with Gasteiger partial charge >= 0.3 is 5.97 Å². The van der Waals surface area contributed by atoms with Gasteiger partial charge in [0.1, 0.15) is 11.5 Å². The van der Waals surface area contributed by atoms with Crippen LogP contribution in [0.1, 0.15) is 5.56 Å². The van der Waals surface area contributed by atoms with Gasteiger partial charge in [0.05, 0.1) is 3.57 Å². The maximum absolute atomic E-state index is 10.4. The van der Waals surface area contributed by atoms with Gasteiger partial charge in [-0.1, -0.05) is 24.3 Å². The summed E-state index contributed by atoms with van der Waals surface area (Å²) >= 11 is 2.21. The normalized spacial score (nSPS) is 10.6. The third-order valence-electron chi connectivity index (χ3n) is 2.36. The molecule has 0 aromatic heterocycles. The predicted molar refractivity (Wildman–Crippen MR) is 82.3 cm³/mol. The van der Waals surface area contributed by atoms with Crippen LogP contribution in [-0.2, 0) is 4.79 Å². The molecule has 0 saturated heterocycles. The first-order chi connectivity index (χ1) is 9.15. The fourth-order valence-corrected chi connectivity index (χ4v) is 1.97. The summed E-state index contributed by atoms with van der Waals surface area (Å²) in [4.78, 5) is 10.4. The van der Waals surface area contributed by atoms with E-state index in [1.165, 1.54) is 0 Å². The Hall–Kier alpha value is -1.82. The van der Waals surface area contributed by atoms with Gasteiger partial charge in [0.15, 0.2) is 0 Å². The Balaban J connectivity index is 2.11. The molecular weight excluding hydrogens is 355 g/mol. The maximum atomic E-state index is 10.4. The number of halogens is 1. The van der Waals surface area contributed by atoms with E-state index in [0.717, 1.165) is 26.7 Å². The van der Waals surface area contributed by atoms with Gasteiger partial charge in [-0.15, -0.1) is 0 Å². The van der Waals surface area contributed by atoms with E-state index in [4.69, 9.17) is 9.84 Å². The standard InChI is InChI=1S/C15H11IO3/c16-13-3-1-2-4-14(13)19-12-8-5-11(6-9-12)7-10-15(17)18/h1-10H,(H,17,18)/b10-7+. The Kier molecular flexibility index (Phi) is 4.57. The van der Waals surface area contributed by atoms with Crippen LogP contribution in [-0.4, -0.2) is 11.1 Å². The molecule has 0 aliphatic carbocycles. The zero-order valence-electron chi connectivity index (χ0n) is 9.92. The lowest BCUT2D eigenvalue weighted by Gasteiger charge is -2.07. The molecule has 0 spiro atoms. The number of rotatable bonds is 4. The van der Waals surface area contributed by atoms with Gasteiger partial charge in [-0.25, -0.2) is 4.79 Å². The molecule has 0 bridgehead atoms. The van der Waals surface area contributed by atoms with Crippen molar-refractivity contribution in [2.45, 2.75) is 0 Å². The van der Waals surface area contributed by atoms with Crippen LogP contribution in [0, 0.1) is 3.57 Å². The second-order valence-corrected chi connectivity index (χ2v) is 4.94. The van der Waals surface area contributed by atoms with Crippen molar-refractivity contribution < 1.29 is 14.6 Å². The molecule has 0 saturated carbocycles. The van der Waals surface area contributed by atoms with Crippen LogP contribution >= 0.6 is 22.6 Å². The maximum Gasteiger partial charge on any atom is 0.328 e. The highest BCUT2D eigenvalue weighted by atomic mass is 127. The highest BCUT2D eigenvalue weighted by Gasteiger charge is 2.01. The summed E-state index contributed by atoms with van der Waals surface area (Å²) in [7, 11) is 0. The van der Waals surface area contributed by atoms with Gasteiger partial charge in [0, 0.05) is 6.08 Å². The van der Waals surface area contributed by atoms with Crippen LogP contribution in [0.15, 0.2) is 54.6 Å². The Labute approximate surface area is 124 Å². The minimum Gasteiger partial charge on any atom is -0.478 e. The lowest BCUT2D eigenvalue weighted by Crippen LogP contribution is -1.87. The Morgan fingerprint density at radius 3 is 2.42 bits per heavy atom. The van der Waals surface area contributed by atoms with Gasteiger partial charge in [-0.2, -0.15) is 0 Å². The van der Waals surface area contributed by atoms with E-state index in [1.54, 1.807) is 6.08 Å². The topological polar surface area (TPSA) is 46.5 Å². The molecule has 96 valence electrons. The van der Waals surface area contributed by atoms with E-state index >= 15 is 0 Å². The number of carbonyl (C=O) groups is 1. The third-order valence-corrected chi connectivity index (χ3v) is 3.25. The van der Waals surface area contributed by atoms with E-state index in [2.05, 4.69) is 22.6 Å². The van der Waals surface area contributed by atoms with Crippen molar-refractivity contribution in [2.75, 3.05) is 0 Å². The van der Waals surface area contributed by atoms with Crippen molar-refractivity contribution >= 4 is 34.6 Å². The smallest absolute Gasteiger partial charge is 0.328 e. The molecule has 2 rings (SSSR count). The molecule has 0 aliphatic rings. The zero-order valence-corrected chi connectivity index (χ0v) is 12.1. The summed E-state index contributed by atoms with van der Waals surface area (Å²) in [5, 5.41) is 8.54. The lowest BCUT2D eigenvalue weighted by molar-refractivity contribution is -0.131. The van der Waals surface area contributed by atoms with E-state index in [-0.39, 0.29) is 0 Å². The molecule has 0 aliphatic heterocycles. The van der Waals surface area contributed by atoms with Crippen molar-refractivity contribution in [3.63, 3.8) is 0 Å². The van der Waals surface area contributed by atoms with Gasteiger partial charge < -0.3 is 9.84 Å². The fourth-order valence-electron chi connectivity index (χ4n) is 1.47. The van der Waals surface area contributed by atoms with Gasteiger partial charge in [-0.3, -0.25) is 0 Å². The number of ether oxygens (including phenoxy) is 1. The largest absolute Gasteiger partial charge is 0.478 e. The molecular formula is C15H11IO3. The summed E-state index contributed by atoms with van der Waals surface area (Å²) in [5.41, 5.74) is 0.817. The molecule has 0 unspecified atom stereocenters. The monoisotopic (exact) mass is 366 g/mol. The van der Waals surface area contributed by atoms with Crippen LogP contribution in [0.2, 0.25) is 0 Å². The second-order valence-electron chi connectivity index (χ2n) is 3.77. The van der Waals surface area contributed by atoms with Crippen molar-refractivity contribution in [3.05, 3.63) is 63.7 Å². The highest BCUT2D eigenvalue weighted by Crippen LogP contribution is 2.26. The Morgan fingerprint density at radius 2 is 1.79 bits per heavy atom. The number of hydrogen-bond acceptors (Lipinski definition) is 2. The van der Waals surface area contributed by atoms with E-state index in [0.29, 0.717) is 0 Å². The number of hydrogen-bond donors (Lipinski definition) is 1. The average molecular weight is 366 g/mol. The average Bonchev–Trinajstić information content (AvgIpc) is 2.40. The van der Waals surface area contributed by atoms with Crippen molar-refractivity contribution in [1.29, 1.82) is 0 Å². The molecule has 19 heavy (non-hydrogen) atoms. The summed E-state index contributed by atoms with van der Waals surface area (Å²) < 4.78 is 6.78. The molecule has 4 heteroatoms. The quantitative estimate of drug-likeness (QED) is 0.652. The number of benzene rings is 2. The molecule has 2 aromatic carbocycles. The SMILES string of the molecule is O=C(O)/C=C/c1ccc(Oc2ccccc2I)cc1. The van der Waals surface area contributed by atoms with Crippen molar-refractivity contribution in [1.82, 2.24) is 0 Å². The first-order valence-electron chi connectivity index (χ1n) is 5.58. The summed E-state index contributed by atoms with van der Waals surface area (Å²) in [6.45, 7) is 0. The van der Waals surface area contributed by atoms with Crippen LogP contribution in [0.3, 0.4) is 0 Å². The van der Waals surface area contributed by atoms with Crippen molar-refractivity contribution in [3.8, 4) is 11.5 Å². The number of aliphatic carboxylic acids is 1. The number of carboxylic acids is 1. The third kappa shape index (κ3) is 4.10. The van der Waals surface area contributed by atoms with E-state index in [9.17, 15) is 4.79 Å². The van der Waals surface area contributed by atoms with E-state index < -0.39 is 5.97 Å². The Bertz CT molecular complexity index is 603. The molecule has 0 heterocycles. The first kappa shape index (κ1) is 13.6. The molecule has 0 amide bonds. The van der Waals surface area contributed by atoms with Crippen LogP contribution in [0.25, 0.3) is 6.08 Å².